The molecule has 0 spiro atoms. The predicted molar refractivity (Wildman–Crippen MR) is 90.3 cm³/mol. The average Bonchev–Trinajstić information content (AvgIpc) is 2.98. The lowest BCUT2D eigenvalue weighted by molar-refractivity contribution is -0.130. The molecule has 0 aromatic heterocycles. The molecule has 0 radical (unpaired) electrons. The van der Waals surface area contributed by atoms with Crippen molar-refractivity contribution in [2.75, 3.05) is 0 Å². The first-order chi connectivity index (χ1) is 11.4. The molecule has 3 nitrogen and oxygen atoms in total. The van der Waals surface area contributed by atoms with Crippen LogP contribution in [0, 0.1) is 34.5 Å². The molecule has 1 heterocycles. The highest BCUT2D eigenvalue weighted by Gasteiger charge is 2.68. The number of carbonyl (C=O) groups excluding carboxylic acids is 2. The number of hydrogen-bond acceptors (Lipinski definition) is 3. The highest BCUT2D eigenvalue weighted by molar-refractivity contribution is 5.84. The molecule has 8 atom stereocenters. The number of Topliss-reactive ketones (excluding diaryl/α,β-unsaturated/α-hetero) is 2. The number of allylic oxidation sites excluding steroid dienone is 1. The zero-order valence-electron chi connectivity index (χ0n) is 15.0. The van der Waals surface area contributed by atoms with Gasteiger partial charge in [0.05, 0.1) is 12.2 Å². The Morgan fingerprint density at radius 2 is 2.08 bits per heavy atom. The molecular weight excluding hydrogens is 300 g/mol. The minimum Gasteiger partial charge on any atom is -0.373 e. The number of fused-ring (bicyclic) bond motifs is 2. The molecule has 1 aliphatic heterocycles. The van der Waals surface area contributed by atoms with Crippen molar-refractivity contribution in [3.05, 3.63) is 11.6 Å². The van der Waals surface area contributed by atoms with Gasteiger partial charge in [-0.1, -0.05) is 25.5 Å². The Labute approximate surface area is 144 Å². The van der Waals surface area contributed by atoms with Gasteiger partial charge in [-0.15, -0.1) is 0 Å². The van der Waals surface area contributed by atoms with Gasteiger partial charge in [0.15, 0.2) is 0 Å². The van der Waals surface area contributed by atoms with E-state index in [1.807, 2.05) is 0 Å². The Bertz CT molecular complexity index is 664. The molecule has 0 aromatic carbocycles. The third-order valence-corrected chi connectivity index (χ3v) is 8.75. The maximum Gasteiger partial charge on any atom is 0.139 e. The van der Waals surface area contributed by atoms with Crippen LogP contribution in [0.2, 0.25) is 0 Å². The van der Waals surface area contributed by atoms with Gasteiger partial charge in [-0.3, -0.25) is 9.59 Å². The van der Waals surface area contributed by atoms with Crippen molar-refractivity contribution in [3.8, 4) is 0 Å². The van der Waals surface area contributed by atoms with E-state index in [9.17, 15) is 9.59 Å². The van der Waals surface area contributed by atoms with Gasteiger partial charge in [-0.05, 0) is 49.9 Å². The van der Waals surface area contributed by atoms with Gasteiger partial charge in [0.1, 0.15) is 11.6 Å². The Hall–Kier alpha value is -0.960. The largest absolute Gasteiger partial charge is 0.373 e. The third kappa shape index (κ3) is 1.63. The summed E-state index contributed by atoms with van der Waals surface area (Å²) < 4.78 is 6.55. The first-order valence-electron chi connectivity index (χ1n) is 9.73. The van der Waals surface area contributed by atoms with Crippen molar-refractivity contribution in [1.29, 1.82) is 0 Å². The van der Waals surface area contributed by atoms with Crippen molar-refractivity contribution < 1.29 is 14.3 Å². The predicted octanol–water partition coefficient (Wildman–Crippen LogP) is 3.71. The van der Waals surface area contributed by atoms with E-state index in [1.54, 1.807) is 6.92 Å². The molecule has 4 aliphatic carbocycles. The number of rotatable bonds is 1. The zero-order valence-corrected chi connectivity index (χ0v) is 15.0. The van der Waals surface area contributed by atoms with E-state index >= 15 is 0 Å². The Morgan fingerprint density at radius 3 is 2.83 bits per heavy atom. The lowest BCUT2D eigenvalue weighted by Crippen LogP contribution is -2.54. The van der Waals surface area contributed by atoms with Gasteiger partial charge in [-0.2, -0.15) is 0 Å². The number of carbonyl (C=O) groups is 2. The Balaban J connectivity index is 1.60. The molecule has 1 saturated heterocycles. The molecular formula is C21H28O3. The second kappa shape index (κ2) is 4.60. The quantitative estimate of drug-likeness (QED) is 0.689. The molecule has 0 unspecified atom stereocenters. The summed E-state index contributed by atoms with van der Waals surface area (Å²) in [5, 5.41) is 0. The molecule has 5 rings (SSSR count). The van der Waals surface area contributed by atoms with Gasteiger partial charge >= 0.3 is 0 Å². The van der Waals surface area contributed by atoms with E-state index in [2.05, 4.69) is 19.9 Å². The number of hydrogen-bond donors (Lipinski definition) is 0. The zero-order chi connectivity index (χ0) is 16.9. The smallest absolute Gasteiger partial charge is 0.139 e. The minimum atomic E-state index is 0.0666. The maximum atomic E-state index is 12.3. The highest BCUT2D eigenvalue weighted by atomic mass is 16.5. The molecule has 130 valence electrons. The van der Waals surface area contributed by atoms with Crippen LogP contribution < -0.4 is 0 Å². The monoisotopic (exact) mass is 328 g/mol. The van der Waals surface area contributed by atoms with Crippen LogP contribution in [0.1, 0.15) is 59.3 Å². The summed E-state index contributed by atoms with van der Waals surface area (Å²) in [6.45, 7) is 6.50. The van der Waals surface area contributed by atoms with Crippen LogP contribution in [-0.4, -0.2) is 23.8 Å². The lowest BCUT2D eigenvalue weighted by atomic mass is 9.47. The molecule has 0 aromatic rings. The van der Waals surface area contributed by atoms with E-state index in [1.165, 1.54) is 12.0 Å². The summed E-state index contributed by atoms with van der Waals surface area (Å²) in [6, 6.07) is 0. The van der Waals surface area contributed by atoms with Crippen LogP contribution in [0.25, 0.3) is 0 Å². The first-order valence-corrected chi connectivity index (χ1v) is 9.73. The van der Waals surface area contributed by atoms with Gasteiger partial charge in [-0.25, -0.2) is 0 Å². The van der Waals surface area contributed by atoms with Crippen molar-refractivity contribution in [2.45, 2.75) is 71.5 Å². The summed E-state index contributed by atoms with van der Waals surface area (Å²) in [4.78, 5) is 24.4. The average molecular weight is 328 g/mol. The number of ether oxygens (including phenoxy) is 1. The Morgan fingerprint density at radius 1 is 1.29 bits per heavy atom. The van der Waals surface area contributed by atoms with Crippen molar-refractivity contribution in [1.82, 2.24) is 0 Å². The van der Waals surface area contributed by atoms with Crippen molar-refractivity contribution in [3.63, 3.8) is 0 Å². The summed E-state index contributed by atoms with van der Waals surface area (Å²) in [6.07, 6.45) is 8.26. The summed E-state index contributed by atoms with van der Waals surface area (Å²) in [5.74, 6) is 2.73. The minimum absolute atomic E-state index is 0.0666. The number of ketones is 2. The normalized spacial score (nSPS) is 55.0. The second-order valence-corrected chi connectivity index (χ2v) is 9.58. The molecule has 24 heavy (non-hydrogen) atoms. The molecule has 0 amide bonds. The van der Waals surface area contributed by atoms with Crippen LogP contribution in [0.3, 0.4) is 0 Å². The lowest BCUT2D eigenvalue weighted by Gasteiger charge is -2.55. The molecule has 3 saturated carbocycles. The third-order valence-electron chi connectivity index (χ3n) is 8.75. The van der Waals surface area contributed by atoms with Crippen LogP contribution >= 0.6 is 0 Å². The molecule has 3 heteroatoms. The van der Waals surface area contributed by atoms with E-state index in [4.69, 9.17) is 4.74 Å². The fourth-order valence-corrected chi connectivity index (χ4v) is 7.79. The van der Waals surface area contributed by atoms with Crippen LogP contribution in [0.5, 0.6) is 0 Å². The topological polar surface area (TPSA) is 43.4 Å². The van der Waals surface area contributed by atoms with E-state index in [-0.39, 0.29) is 29.0 Å². The molecule has 0 bridgehead atoms. The SMILES string of the molecule is CC(=O)[C@H]1CC[C@H]2[C@@H]3CC=C4CC(=O)C[C@@H]5O[C@@H](C[C@]12C)[C@@H]3[C@]45C. The molecule has 4 fully saturated rings. The van der Waals surface area contributed by atoms with Gasteiger partial charge < -0.3 is 4.74 Å². The van der Waals surface area contributed by atoms with Gasteiger partial charge in [0, 0.05) is 30.1 Å². The van der Waals surface area contributed by atoms with Crippen LogP contribution in [-0.2, 0) is 14.3 Å². The summed E-state index contributed by atoms with van der Waals surface area (Å²) >= 11 is 0. The molecule has 0 N–H and O–H groups in total. The summed E-state index contributed by atoms with van der Waals surface area (Å²) in [7, 11) is 0. The van der Waals surface area contributed by atoms with Crippen molar-refractivity contribution >= 4 is 11.6 Å². The fourth-order valence-electron chi connectivity index (χ4n) is 7.79. The van der Waals surface area contributed by atoms with E-state index in [0.29, 0.717) is 42.2 Å². The fraction of sp³-hybridized carbons (Fsp3) is 0.810. The second-order valence-electron chi connectivity index (χ2n) is 9.58. The molecule has 5 aliphatic rings. The van der Waals surface area contributed by atoms with E-state index < -0.39 is 0 Å². The standard InChI is InChI=1S/C21H28O3/c1-11(22)15-6-7-16-14-5-4-12-8-13(23)9-18-21(12,3)19(14)17(24-18)10-20(15,16)2/h4,14-19H,5-10H2,1-3H3/t14-,15+,16-,17-,18-,19+,20+,21+/m0/s1. The van der Waals surface area contributed by atoms with Gasteiger partial charge in [0.2, 0.25) is 0 Å². The highest BCUT2D eigenvalue weighted by Crippen LogP contribution is 2.69. The first kappa shape index (κ1) is 15.3. The van der Waals surface area contributed by atoms with Crippen LogP contribution in [0.4, 0.5) is 0 Å². The van der Waals surface area contributed by atoms with Crippen LogP contribution in [0.15, 0.2) is 11.6 Å². The summed E-state index contributed by atoms with van der Waals surface area (Å²) in [5.41, 5.74) is 1.52. The van der Waals surface area contributed by atoms with Crippen molar-refractivity contribution in [2.24, 2.45) is 34.5 Å². The van der Waals surface area contributed by atoms with Gasteiger partial charge in [0.25, 0.3) is 0 Å². The maximum absolute atomic E-state index is 12.3. The van der Waals surface area contributed by atoms with E-state index in [0.717, 1.165) is 19.3 Å². The Kier molecular flexibility index (Phi) is 2.94.